The van der Waals surface area contributed by atoms with Crippen molar-refractivity contribution in [2.75, 3.05) is 41.7 Å². The summed E-state index contributed by atoms with van der Waals surface area (Å²) in [5.74, 6) is 4.20. The lowest BCUT2D eigenvalue weighted by Crippen LogP contribution is -2.02. The van der Waals surface area contributed by atoms with E-state index >= 15 is 0 Å². The van der Waals surface area contributed by atoms with Gasteiger partial charge in [-0.05, 0) is 48.2 Å². The van der Waals surface area contributed by atoms with Gasteiger partial charge in [-0.15, -0.1) is 0 Å². The van der Waals surface area contributed by atoms with Crippen LogP contribution in [0.15, 0.2) is 24.3 Å². The number of methoxy groups -OCH3 is 4. The Morgan fingerprint density at radius 1 is 0.472 bits per heavy atom. The van der Waals surface area contributed by atoms with Crippen LogP contribution in [-0.4, -0.2) is 41.7 Å². The van der Waals surface area contributed by atoms with Crippen molar-refractivity contribution in [3.8, 4) is 34.5 Å². The van der Waals surface area contributed by atoms with Gasteiger partial charge in [0.05, 0.1) is 41.7 Å². The van der Waals surface area contributed by atoms with E-state index in [4.69, 9.17) is 28.4 Å². The van der Waals surface area contributed by atoms with Gasteiger partial charge in [-0.1, -0.05) is 70.4 Å². The van der Waals surface area contributed by atoms with E-state index < -0.39 is 0 Å². The molecule has 0 aromatic heterocycles. The van der Waals surface area contributed by atoms with E-state index in [2.05, 4.69) is 31.9 Å². The van der Waals surface area contributed by atoms with Crippen LogP contribution in [0, 0.1) is 0 Å². The zero-order chi connectivity index (χ0) is 26.2. The minimum atomic E-state index is 0.654. The van der Waals surface area contributed by atoms with Crippen LogP contribution in [0.2, 0.25) is 0 Å². The SMILES string of the molecule is COc1cc(CBr)cc(OC)c1OCCCCCCCCCCOc1c(OC)cc(CBr)cc1OC. The lowest BCUT2D eigenvalue weighted by molar-refractivity contribution is 0.265. The summed E-state index contributed by atoms with van der Waals surface area (Å²) in [7, 11) is 6.62. The predicted molar refractivity (Wildman–Crippen MR) is 152 cm³/mol. The third-order valence-corrected chi connectivity index (χ3v) is 7.18. The first-order valence-corrected chi connectivity index (χ1v) is 14.7. The molecule has 2 rings (SSSR count). The summed E-state index contributed by atoms with van der Waals surface area (Å²) in [5, 5.41) is 1.48. The molecule has 2 aromatic carbocycles. The fourth-order valence-corrected chi connectivity index (χ4v) is 4.57. The highest BCUT2D eigenvalue weighted by Gasteiger charge is 2.15. The smallest absolute Gasteiger partial charge is 0.203 e. The van der Waals surface area contributed by atoms with Crippen LogP contribution in [0.4, 0.5) is 0 Å². The maximum Gasteiger partial charge on any atom is 0.203 e. The normalized spacial score (nSPS) is 10.7. The van der Waals surface area contributed by atoms with Crippen molar-refractivity contribution in [1.82, 2.24) is 0 Å². The van der Waals surface area contributed by atoms with Gasteiger partial charge in [0.2, 0.25) is 11.5 Å². The van der Waals surface area contributed by atoms with Crippen molar-refractivity contribution < 1.29 is 28.4 Å². The van der Waals surface area contributed by atoms with Crippen LogP contribution in [0.25, 0.3) is 0 Å². The van der Waals surface area contributed by atoms with Crippen LogP contribution in [-0.2, 0) is 10.7 Å². The number of unbranched alkanes of at least 4 members (excludes halogenated alkanes) is 7. The summed E-state index contributed by atoms with van der Waals surface area (Å²) in [5.41, 5.74) is 2.18. The molecule has 8 heteroatoms. The molecule has 0 saturated heterocycles. The topological polar surface area (TPSA) is 55.4 Å². The molecule has 0 amide bonds. The second kappa shape index (κ2) is 17.6. The Labute approximate surface area is 233 Å². The number of benzene rings is 2. The molecule has 202 valence electrons. The van der Waals surface area contributed by atoms with E-state index in [-0.39, 0.29) is 0 Å². The van der Waals surface area contributed by atoms with E-state index in [1.54, 1.807) is 28.4 Å². The third-order valence-electron chi connectivity index (χ3n) is 5.88. The van der Waals surface area contributed by atoms with Crippen molar-refractivity contribution in [2.24, 2.45) is 0 Å². The van der Waals surface area contributed by atoms with Crippen LogP contribution >= 0.6 is 31.9 Å². The molecule has 0 aliphatic rings. The molecule has 0 N–H and O–H groups in total. The van der Waals surface area contributed by atoms with Gasteiger partial charge in [-0.25, -0.2) is 0 Å². The molecule has 2 aromatic rings. The Hall–Kier alpha value is -1.80. The van der Waals surface area contributed by atoms with Crippen LogP contribution in [0.1, 0.15) is 62.5 Å². The average Bonchev–Trinajstić information content (AvgIpc) is 2.92. The molecule has 0 aliphatic carbocycles. The number of halogens is 2. The van der Waals surface area contributed by atoms with Crippen LogP contribution < -0.4 is 28.4 Å². The molecule has 6 nitrogen and oxygen atoms in total. The highest BCUT2D eigenvalue weighted by molar-refractivity contribution is 9.08. The first kappa shape index (κ1) is 30.4. The summed E-state index contributed by atoms with van der Waals surface area (Å²) in [6.45, 7) is 1.31. The maximum absolute atomic E-state index is 6.00. The van der Waals surface area contributed by atoms with Crippen molar-refractivity contribution in [3.63, 3.8) is 0 Å². The average molecular weight is 632 g/mol. The monoisotopic (exact) mass is 630 g/mol. The van der Waals surface area contributed by atoms with Gasteiger partial charge in [0.1, 0.15) is 0 Å². The standard InChI is InChI=1S/C28H40Br2O6/c1-31-23-15-21(19-29)16-24(32-2)27(23)35-13-11-9-7-5-6-8-10-12-14-36-28-25(33-3)17-22(20-30)18-26(28)34-4/h15-18H,5-14,19-20H2,1-4H3. The second-order valence-corrected chi connectivity index (χ2v) is 9.57. The molecule has 0 fully saturated rings. The number of ether oxygens (including phenoxy) is 6. The summed E-state index contributed by atoms with van der Waals surface area (Å²) in [6.07, 6.45) is 9.23. The Morgan fingerprint density at radius 2 is 0.750 bits per heavy atom. The highest BCUT2D eigenvalue weighted by Crippen LogP contribution is 2.40. The highest BCUT2D eigenvalue weighted by atomic mass is 79.9. The van der Waals surface area contributed by atoms with Gasteiger partial charge in [-0.2, -0.15) is 0 Å². The molecule has 0 atom stereocenters. The van der Waals surface area contributed by atoms with Gasteiger partial charge in [0.25, 0.3) is 0 Å². The molecular weight excluding hydrogens is 592 g/mol. The molecule has 0 radical (unpaired) electrons. The van der Waals surface area contributed by atoms with E-state index in [9.17, 15) is 0 Å². The zero-order valence-corrected chi connectivity index (χ0v) is 25.2. The fourth-order valence-electron chi connectivity index (χ4n) is 3.92. The first-order valence-electron chi connectivity index (χ1n) is 12.5. The first-order chi connectivity index (χ1) is 17.6. The molecular formula is C28H40Br2O6. The third kappa shape index (κ3) is 9.58. The van der Waals surface area contributed by atoms with Crippen molar-refractivity contribution in [2.45, 2.75) is 62.0 Å². The predicted octanol–water partition coefficient (Wildman–Crippen LogP) is 8.09. The van der Waals surface area contributed by atoms with Crippen LogP contribution in [0.5, 0.6) is 34.5 Å². The molecule has 0 saturated carbocycles. The minimum Gasteiger partial charge on any atom is -0.493 e. The lowest BCUT2D eigenvalue weighted by atomic mass is 10.1. The van der Waals surface area contributed by atoms with Crippen molar-refractivity contribution >= 4 is 31.9 Å². The van der Waals surface area contributed by atoms with Gasteiger partial charge >= 0.3 is 0 Å². The molecule has 36 heavy (non-hydrogen) atoms. The number of rotatable bonds is 19. The lowest BCUT2D eigenvalue weighted by Gasteiger charge is -2.16. The van der Waals surface area contributed by atoms with Gasteiger partial charge < -0.3 is 28.4 Å². The molecule has 0 heterocycles. The van der Waals surface area contributed by atoms with Crippen molar-refractivity contribution in [3.05, 3.63) is 35.4 Å². The number of alkyl halides is 2. The van der Waals surface area contributed by atoms with Gasteiger partial charge in [0, 0.05) is 10.7 Å². The van der Waals surface area contributed by atoms with E-state index in [1.807, 2.05) is 24.3 Å². The largest absolute Gasteiger partial charge is 0.493 e. The van der Waals surface area contributed by atoms with E-state index in [0.29, 0.717) is 47.7 Å². The van der Waals surface area contributed by atoms with Gasteiger partial charge in [0.15, 0.2) is 23.0 Å². The summed E-state index contributed by atoms with van der Waals surface area (Å²) in [6, 6.07) is 7.91. The Morgan fingerprint density at radius 3 is 1.00 bits per heavy atom. The van der Waals surface area contributed by atoms with Gasteiger partial charge in [-0.3, -0.25) is 0 Å². The minimum absolute atomic E-state index is 0.654. The molecule has 0 unspecified atom stereocenters. The fraction of sp³-hybridized carbons (Fsp3) is 0.571. The van der Waals surface area contributed by atoms with Crippen molar-refractivity contribution in [1.29, 1.82) is 0 Å². The summed E-state index contributed by atoms with van der Waals surface area (Å²) in [4.78, 5) is 0. The number of hydrogen-bond acceptors (Lipinski definition) is 6. The molecule has 0 aliphatic heterocycles. The summed E-state index contributed by atoms with van der Waals surface area (Å²) < 4.78 is 34.0. The molecule has 0 spiro atoms. The Balaban J connectivity index is 1.58. The Bertz CT molecular complexity index is 782. The zero-order valence-electron chi connectivity index (χ0n) is 22.0. The van der Waals surface area contributed by atoms with E-state index in [1.165, 1.54) is 25.7 Å². The second-order valence-electron chi connectivity index (χ2n) is 8.45. The number of hydrogen-bond donors (Lipinski definition) is 0. The quantitative estimate of drug-likeness (QED) is 0.115. The van der Waals surface area contributed by atoms with Crippen LogP contribution in [0.3, 0.4) is 0 Å². The summed E-state index contributed by atoms with van der Waals surface area (Å²) >= 11 is 6.95. The maximum atomic E-state index is 6.00. The molecule has 0 bridgehead atoms. The Kier molecular flexibility index (Phi) is 14.9. The van der Waals surface area contributed by atoms with E-state index in [0.717, 1.165) is 47.5 Å².